The summed E-state index contributed by atoms with van der Waals surface area (Å²) in [6.45, 7) is 12.8. The summed E-state index contributed by atoms with van der Waals surface area (Å²) < 4.78 is 18.4. The molecule has 1 spiro atoms. The van der Waals surface area contributed by atoms with Crippen molar-refractivity contribution in [2.75, 3.05) is 7.11 Å². The van der Waals surface area contributed by atoms with Gasteiger partial charge in [0.1, 0.15) is 11.7 Å². The lowest BCUT2D eigenvalue weighted by Gasteiger charge is -2.47. The average Bonchev–Trinajstić information content (AvgIpc) is 3.10. The van der Waals surface area contributed by atoms with E-state index < -0.39 is 19.3 Å². The summed E-state index contributed by atoms with van der Waals surface area (Å²) >= 11 is 0. The number of hydrogen-bond donors (Lipinski definition) is 0. The van der Waals surface area contributed by atoms with Crippen molar-refractivity contribution >= 4 is 20.3 Å². The van der Waals surface area contributed by atoms with E-state index in [1.807, 2.05) is 13.0 Å². The Morgan fingerprint density at radius 2 is 2.03 bits per heavy atom. The van der Waals surface area contributed by atoms with E-state index in [2.05, 4.69) is 32.3 Å². The number of fused-ring (bicyclic) bond motifs is 1. The van der Waals surface area contributed by atoms with Crippen molar-refractivity contribution in [1.29, 1.82) is 0 Å². The highest BCUT2D eigenvalue weighted by molar-refractivity contribution is 6.69. The summed E-state index contributed by atoms with van der Waals surface area (Å²) in [5.41, 5.74) is -0.592. The van der Waals surface area contributed by atoms with Crippen molar-refractivity contribution in [1.82, 2.24) is 0 Å². The van der Waals surface area contributed by atoms with Crippen LogP contribution in [0.5, 0.6) is 0 Å². The second-order valence-corrected chi connectivity index (χ2v) is 15.6. The summed E-state index contributed by atoms with van der Waals surface area (Å²) in [6.07, 6.45) is 7.47. The summed E-state index contributed by atoms with van der Waals surface area (Å²) in [6, 6.07) is 0. The van der Waals surface area contributed by atoms with Gasteiger partial charge in [0.05, 0.1) is 18.4 Å². The van der Waals surface area contributed by atoms with Crippen molar-refractivity contribution in [3.05, 3.63) is 24.3 Å². The Morgan fingerprint density at radius 1 is 1.31 bits per heavy atom. The fraction of sp³-hybridized carbons (Fsp3) is 0.739. The van der Waals surface area contributed by atoms with Crippen LogP contribution in [0.3, 0.4) is 0 Å². The number of rotatable bonds is 3. The molecule has 3 saturated carbocycles. The van der Waals surface area contributed by atoms with Crippen molar-refractivity contribution in [3.8, 4) is 0 Å². The van der Waals surface area contributed by atoms with Gasteiger partial charge in [0.25, 0.3) is 0 Å². The van der Waals surface area contributed by atoms with Gasteiger partial charge >= 0.3 is 11.9 Å². The van der Waals surface area contributed by atoms with Gasteiger partial charge in [-0.25, -0.2) is 0 Å². The van der Waals surface area contributed by atoms with Crippen LogP contribution in [0.1, 0.15) is 32.6 Å². The van der Waals surface area contributed by atoms with Gasteiger partial charge in [-0.1, -0.05) is 24.3 Å². The molecule has 0 radical (unpaired) electrons. The summed E-state index contributed by atoms with van der Waals surface area (Å²) in [7, 11) is -0.461. The molecule has 0 aromatic heterocycles. The van der Waals surface area contributed by atoms with E-state index in [9.17, 15) is 9.59 Å². The monoisotopic (exact) mass is 416 g/mol. The number of methoxy groups -OCH3 is 1. The zero-order chi connectivity index (χ0) is 21.0. The molecule has 5 nitrogen and oxygen atoms in total. The minimum atomic E-state index is -1.92. The smallest absolute Gasteiger partial charge is 0.316 e. The number of carbonyl (C=O) groups excluding carboxylic acids is 2. The lowest BCUT2D eigenvalue weighted by Crippen LogP contribution is -2.57. The largest absolute Gasteiger partial charge is 0.469 e. The molecule has 4 aliphatic carbocycles. The SMILES string of the molecule is C=C1C[C@@]23CC1CC[C@@H]2[C@@]12OC(=O)C(C)(C=C[C@@H]1O[Si](C)(C)C)[C@@H]2[C@H]3C(=O)OC. The van der Waals surface area contributed by atoms with E-state index in [-0.39, 0.29) is 41.2 Å². The molecule has 4 bridgehead atoms. The van der Waals surface area contributed by atoms with Crippen LogP contribution in [0.15, 0.2) is 24.3 Å². The molecule has 0 amide bonds. The minimum absolute atomic E-state index is 0.0941. The fourth-order valence-electron chi connectivity index (χ4n) is 7.81. The van der Waals surface area contributed by atoms with Crippen LogP contribution >= 0.6 is 0 Å². The van der Waals surface area contributed by atoms with E-state index in [0.717, 1.165) is 25.7 Å². The molecule has 1 heterocycles. The molecule has 0 aromatic carbocycles. The van der Waals surface area contributed by atoms with Crippen LogP contribution in [0.2, 0.25) is 19.6 Å². The van der Waals surface area contributed by atoms with Gasteiger partial charge in [-0.3, -0.25) is 9.59 Å². The first-order valence-corrected chi connectivity index (χ1v) is 14.3. The molecule has 29 heavy (non-hydrogen) atoms. The van der Waals surface area contributed by atoms with Crippen LogP contribution in [0.25, 0.3) is 0 Å². The third-order valence-corrected chi connectivity index (χ3v) is 9.56. The van der Waals surface area contributed by atoms with E-state index >= 15 is 0 Å². The molecular weight excluding hydrogens is 384 g/mol. The van der Waals surface area contributed by atoms with E-state index in [1.54, 1.807) is 0 Å². The van der Waals surface area contributed by atoms with Crippen LogP contribution in [0, 0.1) is 34.5 Å². The molecular formula is C23H32O5Si. The maximum absolute atomic E-state index is 13.3. The summed E-state index contributed by atoms with van der Waals surface area (Å²) in [4.78, 5) is 26.5. The highest BCUT2D eigenvalue weighted by Crippen LogP contribution is 2.77. The molecule has 4 fully saturated rings. The second kappa shape index (κ2) is 5.64. The van der Waals surface area contributed by atoms with Gasteiger partial charge in [-0.2, -0.15) is 0 Å². The first kappa shape index (κ1) is 19.6. The van der Waals surface area contributed by atoms with Gasteiger partial charge in [-0.15, -0.1) is 0 Å². The Balaban J connectivity index is 1.74. The quantitative estimate of drug-likeness (QED) is 0.397. The molecule has 1 saturated heterocycles. The Kier molecular flexibility index (Phi) is 3.80. The Bertz CT molecular complexity index is 843. The predicted octanol–water partition coefficient (Wildman–Crippen LogP) is 3.86. The van der Waals surface area contributed by atoms with Gasteiger partial charge in [0.2, 0.25) is 0 Å². The van der Waals surface area contributed by atoms with Crippen LogP contribution in [0.4, 0.5) is 0 Å². The number of hydrogen-bond acceptors (Lipinski definition) is 5. The number of ether oxygens (including phenoxy) is 2. The first-order chi connectivity index (χ1) is 13.5. The maximum Gasteiger partial charge on any atom is 0.316 e. The molecule has 5 rings (SSSR count). The zero-order valence-corrected chi connectivity index (χ0v) is 19.1. The van der Waals surface area contributed by atoms with E-state index in [0.29, 0.717) is 5.92 Å². The standard InChI is InChI=1S/C23H32O5Si/c1-13-11-22-12-14(13)7-8-15(22)23-16(28-29(4,5)6)9-10-21(2,20(25)27-23)18(23)17(22)19(24)26-3/h9-10,14-18H,1,7-8,11-12H2,2-6H3/t14?,15-,16-,17-,18-,21?,22+,23+/m0/s1. The maximum atomic E-state index is 13.3. The molecule has 8 atom stereocenters. The molecule has 1 aliphatic heterocycles. The van der Waals surface area contributed by atoms with Gasteiger partial charge < -0.3 is 13.9 Å². The van der Waals surface area contributed by atoms with Crippen molar-refractivity contribution in [3.63, 3.8) is 0 Å². The number of esters is 2. The Hall–Kier alpha value is -1.40. The van der Waals surface area contributed by atoms with Gasteiger partial charge in [-0.05, 0) is 63.6 Å². The van der Waals surface area contributed by atoms with Crippen LogP contribution in [-0.4, -0.2) is 39.1 Å². The summed E-state index contributed by atoms with van der Waals surface area (Å²) in [5, 5.41) is 0. The Labute approximate surface area is 174 Å². The molecule has 5 aliphatic rings. The highest BCUT2D eigenvalue weighted by atomic mass is 28.4. The van der Waals surface area contributed by atoms with E-state index in [1.165, 1.54) is 12.7 Å². The molecule has 0 N–H and O–H groups in total. The molecule has 158 valence electrons. The van der Waals surface area contributed by atoms with Crippen LogP contribution < -0.4 is 0 Å². The lowest BCUT2D eigenvalue weighted by atomic mass is 9.62. The third kappa shape index (κ3) is 2.20. The van der Waals surface area contributed by atoms with Gasteiger partial charge in [0.15, 0.2) is 8.32 Å². The third-order valence-electron chi connectivity index (χ3n) is 8.59. The summed E-state index contributed by atoms with van der Waals surface area (Å²) in [5.74, 6) is -0.491. The average molecular weight is 417 g/mol. The Morgan fingerprint density at radius 3 is 2.69 bits per heavy atom. The highest BCUT2D eigenvalue weighted by Gasteiger charge is 2.83. The molecule has 0 aromatic rings. The second-order valence-electron chi connectivity index (χ2n) is 11.1. The van der Waals surface area contributed by atoms with Gasteiger partial charge in [0, 0.05) is 11.8 Å². The minimum Gasteiger partial charge on any atom is -0.469 e. The van der Waals surface area contributed by atoms with Crippen molar-refractivity contribution in [2.24, 2.45) is 34.5 Å². The van der Waals surface area contributed by atoms with Crippen LogP contribution in [-0.2, 0) is 23.5 Å². The number of allylic oxidation sites excluding steroid dienone is 1. The lowest BCUT2D eigenvalue weighted by molar-refractivity contribution is -0.169. The fourth-order valence-corrected chi connectivity index (χ4v) is 8.83. The number of carbonyl (C=O) groups is 2. The van der Waals surface area contributed by atoms with E-state index in [4.69, 9.17) is 13.9 Å². The molecule has 6 heteroatoms. The normalized spacial score (nSPS) is 49.6. The zero-order valence-electron chi connectivity index (χ0n) is 18.1. The topological polar surface area (TPSA) is 61.8 Å². The molecule has 2 unspecified atom stereocenters. The van der Waals surface area contributed by atoms with Crippen molar-refractivity contribution in [2.45, 2.75) is 64.0 Å². The first-order valence-electron chi connectivity index (χ1n) is 10.9. The van der Waals surface area contributed by atoms with Crippen molar-refractivity contribution < 1.29 is 23.5 Å². The predicted molar refractivity (Wildman–Crippen MR) is 110 cm³/mol.